The van der Waals surface area contributed by atoms with Gasteiger partial charge in [-0.2, -0.15) is 0 Å². The highest BCUT2D eigenvalue weighted by atomic mass is 79.9. The Balaban J connectivity index is 1.70. The summed E-state index contributed by atoms with van der Waals surface area (Å²) < 4.78 is 0.882. The fraction of sp³-hybridized carbons (Fsp3) is 0.238. The van der Waals surface area contributed by atoms with Crippen molar-refractivity contribution in [1.29, 1.82) is 0 Å². The molecule has 2 aromatic carbocycles. The first-order valence-electron chi connectivity index (χ1n) is 9.11. The van der Waals surface area contributed by atoms with Crippen molar-refractivity contribution in [1.82, 2.24) is 15.5 Å². The number of aryl methyl sites for hydroxylation is 1. The minimum Gasteiger partial charge on any atom is -0.340 e. The predicted octanol–water partition coefficient (Wildman–Crippen LogP) is 4.67. The van der Waals surface area contributed by atoms with E-state index in [0.29, 0.717) is 10.7 Å². The van der Waals surface area contributed by atoms with Gasteiger partial charge in [0.05, 0.1) is 0 Å². The molecule has 1 unspecified atom stereocenters. The van der Waals surface area contributed by atoms with Crippen molar-refractivity contribution < 1.29 is 9.59 Å². The van der Waals surface area contributed by atoms with Crippen LogP contribution in [0.2, 0.25) is 0 Å². The molecule has 3 rings (SSSR count). The molecule has 29 heavy (non-hydrogen) atoms. The lowest BCUT2D eigenvalue weighted by Gasteiger charge is -2.21. The summed E-state index contributed by atoms with van der Waals surface area (Å²) in [6.07, 6.45) is 0. The molecule has 1 aromatic heterocycles. The van der Waals surface area contributed by atoms with Gasteiger partial charge in [-0.25, -0.2) is 0 Å². The summed E-state index contributed by atoms with van der Waals surface area (Å²) in [5.41, 5.74) is 2.56. The van der Waals surface area contributed by atoms with Crippen molar-refractivity contribution >= 4 is 44.2 Å². The summed E-state index contributed by atoms with van der Waals surface area (Å²) in [5, 5.41) is 14.9. The molecule has 0 aliphatic carbocycles. The van der Waals surface area contributed by atoms with E-state index in [1.165, 1.54) is 11.3 Å². The summed E-state index contributed by atoms with van der Waals surface area (Å²) in [6, 6.07) is 14.2. The number of aromatic nitrogens is 2. The van der Waals surface area contributed by atoms with Gasteiger partial charge in [-0.1, -0.05) is 64.9 Å². The summed E-state index contributed by atoms with van der Waals surface area (Å²) in [6.45, 7) is 5.77. The van der Waals surface area contributed by atoms with Crippen LogP contribution in [0.25, 0.3) is 10.6 Å². The zero-order valence-electron chi connectivity index (χ0n) is 16.3. The molecule has 2 N–H and O–H groups in total. The van der Waals surface area contributed by atoms with Crippen LogP contribution in [0.5, 0.6) is 0 Å². The zero-order valence-corrected chi connectivity index (χ0v) is 18.7. The Morgan fingerprint density at radius 1 is 1.07 bits per heavy atom. The van der Waals surface area contributed by atoms with Crippen LogP contribution in [0.4, 0.5) is 5.13 Å². The summed E-state index contributed by atoms with van der Waals surface area (Å²) in [7, 11) is 0. The fourth-order valence-corrected chi connectivity index (χ4v) is 3.72. The van der Waals surface area contributed by atoms with Crippen LogP contribution < -0.4 is 10.6 Å². The number of halogens is 1. The molecule has 0 aliphatic heterocycles. The van der Waals surface area contributed by atoms with Crippen LogP contribution in [0, 0.1) is 12.8 Å². The monoisotopic (exact) mass is 472 g/mol. The Bertz CT molecular complexity index is 1020. The molecule has 3 aromatic rings. The highest BCUT2D eigenvalue weighted by Gasteiger charge is 2.25. The second kappa shape index (κ2) is 9.28. The minimum absolute atomic E-state index is 0.0986. The van der Waals surface area contributed by atoms with Crippen molar-refractivity contribution in [2.24, 2.45) is 5.92 Å². The summed E-state index contributed by atoms with van der Waals surface area (Å²) in [5.74, 6) is -0.722. The lowest BCUT2D eigenvalue weighted by molar-refractivity contribution is -0.118. The van der Waals surface area contributed by atoms with E-state index in [1.807, 2.05) is 45.0 Å². The predicted molar refractivity (Wildman–Crippen MR) is 119 cm³/mol. The van der Waals surface area contributed by atoms with E-state index in [9.17, 15) is 9.59 Å². The molecule has 0 saturated carbocycles. The van der Waals surface area contributed by atoms with Gasteiger partial charge in [0.1, 0.15) is 11.0 Å². The second-order valence-electron chi connectivity index (χ2n) is 6.97. The normalized spacial score (nSPS) is 11.9. The standard InChI is InChI=1S/C21H21BrN4O2S/c1-12(2)17(23-18(27)14-7-9-16(22)10-8-14)19(28)24-21-26-25-20(29-21)15-6-4-5-13(3)11-15/h4-12,17H,1-3H3,(H,23,27)(H,24,26,28). The van der Waals surface area contributed by atoms with Crippen LogP contribution in [-0.4, -0.2) is 28.1 Å². The van der Waals surface area contributed by atoms with Gasteiger partial charge in [-0.15, -0.1) is 10.2 Å². The summed E-state index contributed by atoms with van der Waals surface area (Å²) >= 11 is 4.64. The van der Waals surface area contributed by atoms with Crippen molar-refractivity contribution in [3.63, 3.8) is 0 Å². The molecule has 0 fully saturated rings. The minimum atomic E-state index is -0.697. The Morgan fingerprint density at radius 2 is 1.79 bits per heavy atom. The molecule has 1 heterocycles. The number of hydrogen-bond acceptors (Lipinski definition) is 5. The van der Waals surface area contributed by atoms with Crippen LogP contribution >= 0.6 is 27.3 Å². The van der Waals surface area contributed by atoms with Gasteiger partial charge in [-0.3, -0.25) is 14.9 Å². The first-order chi connectivity index (χ1) is 13.8. The fourth-order valence-electron chi connectivity index (χ4n) is 2.71. The van der Waals surface area contributed by atoms with Crippen molar-refractivity contribution in [3.05, 3.63) is 64.1 Å². The first-order valence-corrected chi connectivity index (χ1v) is 10.7. The molecule has 1 atom stereocenters. The number of rotatable bonds is 6. The number of hydrogen-bond donors (Lipinski definition) is 2. The summed E-state index contributed by atoms with van der Waals surface area (Å²) in [4.78, 5) is 25.3. The maximum atomic E-state index is 12.8. The second-order valence-corrected chi connectivity index (χ2v) is 8.87. The van der Waals surface area contributed by atoms with Crippen LogP contribution in [0.15, 0.2) is 53.0 Å². The Kier molecular flexibility index (Phi) is 6.76. The third kappa shape index (κ3) is 5.48. The van der Waals surface area contributed by atoms with Gasteiger partial charge < -0.3 is 5.32 Å². The third-order valence-electron chi connectivity index (χ3n) is 4.26. The molecule has 0 bridgehead atoms. The van der Waals surface area contributed by atoms with Gasteiger partial charge in [-0.05, 0) is 43.2 Å². The van der Waals surface area contributed by atoms with E-state index in [1.54, 1.807) is 24.3 Å². The Hall–Kier alpha value is -2.58. The smallest absolute Gasteiger partial charge is 0.251 e. The van der Waals surface area contributed by atoms with E-state index in [0.717, 1.165) is 20.6 Å². The van der Waals surface area contributed by atoms with Crippen molar-refractivity contribution in [2.45, 2.75) is 26.8 Å². The highest BCUT2D eigenvalue weighted by Crippen LogP contribution is 2.27. The Morgan fingerprint density at radius 3 is 2.45 bits per heavy atom. The SMILES string of the molecule is Cc1cccc(-c2nnc(NC(=O)C(NC(=O)c3ccc(Br)cc3)C(C)C)s2)c1. The topological polar surface area (TPSA) is 84.0 Å². The van der Waals surface area contributed by atoms with E-state index < -0.39 is 6.04 Å². The van der Waals surface area contributed by atoms with Gasteiger partial charge in [0.2, 0.25) is 11.0 Å². The molecule has 0 aliphatic rings. The number of amides is 2. The van der Waals surface area contributed by atoms with E-state index in [2.05, 4.69) is 36.8 Å². The maximum Gasteiger partial charge on any atom is 0.251 e. The molecule has 0 radical (unpaired) electrons. The number of carbonyl (C=O) groups is 2. The van der Waals surface area contributed by atoms with Gasteiger partial charge >= 0.3 is 0 Å². The average Bonchev–Trinajstić information content (AvgIpc) is 3.14. The van der Waals surface area contributed by atoms with Gasteiger partial charge in [0.25, 0.3) is 5.91 Å². The largest absolute Gasteiger partial charge is 0.340 e. The first kappa shape index (κ1) is 21.1. The Labute approximate surface area is 181 Å². The average molecular weight is 473 g/mol. The quantitative estimate of drug-likeness (QED) is 0.545. The van der Waals surface area contributed by atoms with E-state index >= 15 is 0 Å². The third-order valence-corrected chi connectivity index (χ3v) is 5.68. The van der Waals surface area contributed by atoms with Crippen molar-refractivity contribution in [2.75, 3.05) is 5.32 Å². The molecule has 6 nitrogen and oxygen atoms in total. The van der Waals surface area contributed by atoms with E-state index in [-0.39, 0.29) is 17.7 Å². The molecule has 8 heteroatoms. The molecular formula is C21H21BrN4O2S. The number of anilines is 1. The molecular weight excluding hydrogens is 452 g/mol. The zero-order chi connectivity index (χ0) is 21.0. The lowest BCUT2D eigenvalue weighted by atomic mass is 10.0. The van der Waals surface area contributed by atoms with Crippen molar-refractivity contribution in [3.8, 4) is 10.6 Å². The van der Waals surface area contributed by atoms with E-state index in [4.69, 9.17) is 0 Å². The van der Waals surface area contributed by atoms with Crippen LogP contribution in [-0.2, 0) is 4.79 Å². The molecule has 0 spiro atoms. The lowest BCUT2D eigenvalue weighted by Crippen LogP contribution is -2.47. The number of nitrogens with zero attached hydrogens (tertiary/aromatic N) is 2. The number of benzene rings is 2. The van der Waals surface area contributed by atoms with Gasteiger partial charge in [0, 0.05) is 15.6 Å². The highest BCUT2D eigenvalue weighted by molar-refractivity contribution is 9.10. The number of carbonyl (C=O) groups excluding carboxylic acids is 2. The van der Waals surface area contributed by atoms with Gasteiger partial charge in [0.15, 0.2) is 0 Å². The molecule has 150 valence electrons. The number of nitrogens with one attached hydrogen (secondary N) is 2. The molecule has 2 amide bonds. The maximum absolute atomic E-state index is 12.8. The van der Waals surface area contributed by atoms with Crippen LogP contribution in [0.1, 0.15) is 29.8 Å². The molecule has 0 saturated heterocycles. The van der Waals surface area contributed by atoms with Crippen LogP contribution in [0.3, 0.4) is 0 Å².